The molecule has 12 heteroatoms. The summed E-state index contributed by atoms with van der Waals surface area (Å²) in [6.07, 6.45) is -3.50. The van der Waals surface area contributed by atoms with Crippen molar-refractivity contribution in [2.45, 2.75) is 19.3 Å². The number of methoxy groups -OCH3 is 1. The van der Waals surface area contributed by atoms with E-state index in [0.717, 1.165) is 12.1 Å². The first-order valence-electron chi connectivity index (χ1n) is 12.6. The number of rotatable bonds is 7. The molecule has 2 aromatic heterocycles. The minimum atomic E-state index is -4.91. The van der Waals surface area contributed by atoms with Gasteiger partial charge in [0.15, 0.2) is 5.69 Å². The van der Waals surface area contributed by atoms with Crippen LogP contribution in [0.25, 0.3) is 22.0 Å². The number of halogens is 3. The van der Waals surface area contributed by atoms with Gasteiger partial charge in [0, 0.05) is 26.9 Å². The Kier molecular flexibility index (Phi) is 5.74. The molecule has 4 rings (SSSR count). The zero-order chi connectivity index (χ0) is 29.0. The van der Waals surface area contributed by atoms with Crippen molar-refractivity contribution in [2.75, 3.05) is 7.09 Å². The third-order valence-electron chi connectivity index (χ3n) is 5.35. The van der Waals surface area contributed by atoms with Crippen molar-refractivity contribution < 1.29 is 36.3 Å². The molecule has 37 heavy (non-hydrogen) atoms. The van der Waals surface area contributed by atoms with Gasteiger partial charge in [-0.3, -0.25) is 14.3 Å². The highest BCUT2D eigenvalue weighted by Crippen LogP contribution is 2.30. The summed E-state index contributed by atoms with van der Waals surface area (Å²) >= 11 is 0. The van der Waals surface area contributed by atoms with Crippen LogP contribution in [0.3, 0.4) is 0 Å². The average Bonchev–Trinajstić information content (AvgIpc) is 3.29. The van der Waals surface area contributed by atoms with Crippen LogP contribution in [0.5, 0.6) is 11.6 Å². The molecule has 2 aromatic carbocycles. The molecule has 0 radical (unpaired) electrons. The van der Waals surface area contributed by atoms with Crippen molar-refractivity contribution in [1.82, 2.24) is 20.1 Å². The molecule has 192 valence electrons. The third-order valence-corrected chi connectivity index (χ3v) is 5.35. The molecule has 1 atom stereocenters. The number of aryl methyl sites for hydroxylation is 1. The number of hydrogen-bond donors (Lipinski definition) is 2. The maximum absolute atomic E-state index is 13.3. The third kappa shape index (κ3) is 5.47. The van der Waals surface area contributed by atoms with Crippen molar-refractivity contribution in [3.8, 4) is 22.8 Å². The van der Waals surface area contributed by atoms with Crippen LogP contribution in [-0.4, -0.2) is 40.0 Å². The standard InChI is InChI=1S/C25H22F3N5O4/c1-13(14-5-4-6-17(9-14)37-25(26,27)28)31-23(35)19-10-16(12-30-24(19)36-3)15-7-8-18-20(11-15)33(2)32-21(18)22(29)34/h4-13H,1-3H3,(H2,29,34)(H,31,35)/t13-/m0/s1/i1D,2D,3D. The average molecular weight is 516 g/mol. The Labute approximate surface area is 213 Å². The zero-order valence-electron chi connectivity index (χ0n) is 22.1. The number of fused-ring (bicyclic) bond motifs is 1. The molecule has 2 heterocycles. The first-order chi connectivity index (χ1) is 19.0. The fraction of sp³-hybridized carbons (Fsp3) is 0.200. The van der Waals surface area contributed by atoms with E-state index < -0.39 is 44.0 Å². The Bertz CT molecular complexity index is 1560. The molecular weight excluding hydrogens is 491 g/mol. The summed E-state index contributed by atoms with van der Waals surface area (Å²) in [5.41, 5.74) is 6.96. The van der Waals surface area contributed by atoms with Crippen LogP contribution in [0.1, 0.15) is 43.5 Å². The number of amides is 2. The molecule has 0 aliphatic heterocycles. The number of nitrogens with one attached hydrogen (secondary N) is 1. The van der Waals surface area contributed by atoms with Crippen molar-refractivity contribution in [2.24, 2.45) is 12.8 Å². The number of nitrogens with zero attached hydrogens (tertiary/aromatic N) is 3. The highest BCUT2D eigenvalue weighted by atomic mass is 19.4. The van der Waals surface area contributed by atoms with Crippen molar-refractivity contribution in [1.29, 1.82) is 0 Å². The minimum Gasteiger partial charge on any atom is -0.480 e. The summed E-state index contributed by atoms with van der Waals surface area (Å²) in [7, 11) is -0.824. The Balaban J connectivity index is 1.68. The lowest BCUT2D eigenvalue weighted by Gasteiger charge is -2.17. The monoisotopic (exact) mass is 516 g/mol. The molecule has 0 unspecified atom stereocenters. The second-order valence-electron chi connectivity index (χ2n) is 7.81. The zero-order valence-corrected chi connectivity index (χ0v) is 19.1. The molecule has 2 amide bonds. The van der Waals surface area contributed by atoms with Crippen LogP contribution in [0.2, 0.25) is 0 Å². The first-order valence-corrected chi connectivity index (χ1v) is 10.5. The van der Waals surface area contributed by atoms with Crippen molar-refractivity contribution in [3.63, 3.8) is 0 Å². The fourth-order valence-corrected chi connectivity index (χ4v) is 3.67. The van der Waals surface area contributed by atoms with Gasteiger partial charge in [-0.1, -0.05) is 18.2 Å². The number of carbonyl (C=O) groups excluding carboxylic acids is 2. The van der Waals surface area contributed by atoms with E-state index in [0.29, 0.717) is 22.0 Å². The van der Waals surface area contributed by atoms with Gasteiger partial charge in [-0.15, -0.1) is 13.2 Å². The van der Waals surface area contributed by atoms with Gasteiger partial charge in [0.2, 0.25) is 5.88 Å². The van der Waals surface area contributed by atoms with Crippen molar-refractivity contribution in [3.05, 3.63) is 71.5 Å². The summed E-state index contributed by atoms with van der Waals surface area (Å²) in [4.78, 5) is 29.2. The van der Waals surface area contributed by atoms with Crippen LogP contribution in [0, 0.1) is 0 Å². The van der Waals surface area contributed by atoms with E-state index in [9.17, 15) is 22.8 Å². The summed E-state index contributed by atoms with van der Waals surface area (Å²) < 4.78 is 71.3. The quantitative estimate of drug-likeness (QED) is 0.381. The molecule has 0 aliphatic carbocycles. The predicted octanol–water partition coefficient (Wildman–Crippen LogP) is 4.13. The molecule has 4 aromatic rings. The Hall–Kier alpha value is -4.61. The van der Waals surface area contributed by atoms with Crippen molar-refractivity contribution >= 4 is 22.7 Å². The number of carbonyl (C=O) groups is 2. The molecule has 0 fully saturated rings. The summed E-state index contributed by atoms with van der Waals surface area (Å²) in [6.45, 7) is -0.404. The van der Waals surface area contributed by atoms with E-state index in [2.05, 4.69) is 20.1 Å². The van der Waals surface area contributed by atoms with E-state index in [1.54, 1.807) is 18.2 Å². The highest BCUT2D eigenvalue weighted by Gasteiger charge is 2.31. The van der Waals surface area contributed by atoms with Gasteiger partial charge < -0.3 is 20.5 Å². The van der Waals surface area contributed by atoms with Crippen LogP contribution < -0.4 is 20.5 Å². The van der Waals surface area contributed by atoms with Crippen LogP contribution in [0.15, 0.2) is 54.7 Å². The van der Waals surface area contributed by atoms with E-state index in [-0.39, 0.29) is 29.7 Å². The molecular formula is C25H22F3N5O4. The van der Waals surface area contributed by atoms with Gasteiger partial charge in [-0.2, -0.15) is 5.10 Å². The number of hydrogen-bond acceptors (Lipinski definition) is 6. The number of primary amides is 1. The number of ether oxygens (including phenoxy) is 2. The van der Waals surface area contributed by atoms with E-state index in [1.807, 2.05) is 0 Å². The van der Waals surface area contributed by atoms with Crippen LogP contribution >= 0.6 is 0 Å². The number of benzene rings is 2. The van der Waals surface area contributed by atoms with Gasteiger partial charge in [-0.25, -0.2) is 4.98 Å². The predicted molar refractivity (Wildman–Crippen MR) is 128 cm³/mol. The lowest BCUT2D eigenvalue weighted by atomic mass is 10.0. The van der Waals surface area contributed by atoms with Crippen LogP contribution in [-0.2, 0) is 7.02 Å². The summed E-state index contributed by atoms with van der Waals surface area (Å²) in [5.74, 6) is -2.16. The number of nitrogens with two attached hydrogens (primary N) is 1. The van der Waals surface area contributed by atoms with E-state index in [1.165, 1.54) is 29.1 Å². The molecule has 0 saturated carbocycles. The lowest BCUT2D eigenvalue weighted by molar-refractivity contribution is -0.274. The number of alkyl halides is 3. The Morgan fingerprint density at radius 3 is 2.70 bits per heavy atom. The highest BCUT2D eigenvalue weighted by molar-refractivity contribution is 6.05. The molecule has 0 bridgehead atoms. The summed E-state index contributed by atoms with van der Waals surface area (Å²) in [5, 5.41) is 7.11. The van der Waals surface area contributed by atoms with E-state index in [4.69, 9.17) is 14.6 Å². The normalized spacial score (nSPS) is 13.3. The Morgan fingerprint density at radius 2 is 2.00 bits per heavy atom. The smallest absolute Gasteiger partial charge is 0.480 e. The Morgan fingerprint density at radius 1 is 1.16 bits per heavy atom. The largest absolute Gasteiger partial charge is 0.573 e. The molecule has 0 spiro atoms. The second-order valence-corrected chi connectivity index (χ2v) is 7.81. The van der Waals surface area contributed by atoms with Gasteiger partial charge in [-0.05, 0) is 48.4 Å². The maximum Gasteiger partial charge on any atom is 0.573 e. The molecule has 0 saturated heterocycles. The lowest BCUT2D eigenvalue weighted by Crippen LogP contribution is -2.27. The maximum atomic E-state index is 13.3. The molecule has 9 nitrogen and oxygen atoms in total. The van der Waals surface area contributed by atoms with Crippen LogP contribution in [0.4, 0.5) is 13.2 Å². The SMILES string of the molecule is [2H]COc1ncc(-c2ccc3c(C(N)=O)nn(C[2H])c3c2)cc1C(=O)N[C@@H](C[2H])c1cccc(OC(F)(F)F)c1. The van der Waals surface area contributed by atoms with Gasteiger partial charge in [0.25, 0.3) is 11.8 Å². The first kappa shape index (κ1) is 21.7. The van der Waals surface area contributed by atoms with E-state index >= 15 is 0 Å². The number of pyridine rings is 1. The second kappa shape index (κ2) is 9.80. The topological polar surface area (TPSA) is 121 Å². The fourth-order valence-electron chi connectivity index (χ4n) is 3.67. The molecule has 3 N–H and O–H groups in total. The van der Waals surface area contributed by atoms with Gasteiger partial charge in [0.1, 0.15) is 11.3 Å². The van der Waals surface area contributed by atoms with Gasteiger partial charge in [0.05, 0.1) is 20.0 Å². The van der Waals surface area contributed by atoms with Gasteiger partial charge >= 0.3 is 6.36 Å². The minimum absolute atomic E-state index is 0.0114. The number of aromatic nitrogens is 3. The molecule has 0 aliphatic rings. The summed E-state index contributed by atoms with van der Waals surface area (Å²) in [6, 6.07) is 10.3.